The molecule has 2 heterocycles. The molecule has 0 amide bonds. The number of pyridine rings is 1. The van der Waals surface area contributed by atoms with Gasteiger partial charge in [0.05, 0.1) is 16.8 Å². The molecule has 3 aromatic rings. The first kappa shape index (κ1) is 13.9. The lowest BCUT2D eigenvalue weighted by Gasteiger charge is -2.09. The van der Waals surface area contributed by atoms with E-state index in [0.717, 1.165) is 27.4 Å². The number of aliphatic hydroxyl groups excluding tert-OH is 1. The minimum atomic E-state index is -0.563. The van der Waals surface area contributed by atoms with Crippen LogP contribution in [0.3, 0.4) is 0 Å². The van der Waals surface area contributed by atoms with Gasteiger partial charge in [0, 0.05) is 29.8 Å². The lowest BCUT2D eigenvalue weighted by atomic mass is 10.1. The first-order valence-electron chi connectivity index (χ1n) is 6.82. The molecule has 1 unspecified atom stereocenters. The van der Waals surface area contributed by atoms with E-state index < -0.39 is 6.10 Å². The fraction of sp³-hybridized carbons (Fsp3) is 0.176. The van der Waals surface area contributed by atoms with Gasteiger partial charge in [-0.15, -0.1) is 11.3 Å². The average Bonchev–Trinajstić information content (AvgIpc) is 2.97. The van der Waals surface area contributed by atoms with E-state index in [9.17, 15) is 5.11 Å². The van der Waals surface area contributed by atoms with Crippen molar-refractivity contribution in [1.82, 2.24) is 9.97 Å². The Kier molecular flexibility index (Phi) is 4.08. The zero-order chi connectivity index (χ0) is 14.7. The van der Waals surface area contributed by atoms with Crippen LogP contribution in [-0.4, -0.2) is 15.1 Å². The number of benzene rings is 1. The largest absolute Gasteiger partial charge is 0.388 e. The van der Waals surface area contributed by atoms with Crippen molar-refractivity contribution in [3.63, 3.8) is 0 Å². The SMILES string of the molecule is Cc1cncc(C(O)Cc2nc(-c3ccccc3)cs2)c1. The van der Waals surface area contributed by atoms with Crippen LogP contribution in [0.15, 0.2) is 54.2 Å². The molecule has 3 nitrogen and oxygen atoms in total. The van der Waals surface area contributed by atoms with E-state index in [-0.39, 0.29) is 0 Å². The molecule has 0 aliphatic heterocycles. The van der Waals surface area contributed by atoms with E-state index in [1.165, 1.54) is 0 Å². The minimum absolute atomic E-state index is 0.517. The summed E-state index contributed by atoms with van der Waals surface area (Å²) in [4.78, 5) is 8.73. The standard InChI is InChI=1S/C17H16N2OS/c1-12-7-14(10-18-9-12)16(20)8-17-19-15(11-21-17)13-5-3-2-4-6-13/h2-7,9-11,16,20H,8H2,1H3. The summed E-state index contributed by atoms with van der Waals surface area (Å²) in [5, 5.41) is 13.3. The second-order valence-electron chi connectivity index (χ2n) is 5.01. The van der Waals surface area contributed by atoms with Crippen LogP contribution in [0, 0.1) is 6.92 Å². The Hall–Kier alpha value is -2.04. The van der Waals surface area contributed by atoms with Crippen molar-refractivity contribution >= 4 is 11.3 Å². The number of hydrogen-bond donors (Lipinski definition) is 1. The van der Waals surface area contributed by atoms with Crippen molar-refractivity contribution in [3.05, 3.63) is 70.3 Å². The first-order chi connectivity index (χ1) is 10.2. The van der Waals surface area contributed by atoms with Gasteiger partial charge in [-0.05, 0) is 18.1 Å². The summed E-state index contributed by atoms with van der Waals surface area (Å²) >= 11 is 1.58. The zero-order valence-corrected chi connectivity index (χ0v) is 12.5. The molecule has 1 atom stereocenters. The second-order valence-corrected chi connectivity index (χ2v) is 5.95. The zero-order valence-electron chi connectivity index (χ0n) is 11.7. The maximum absolute atomic E-state index is 10.3. The molecule has 0 aliphatic rings. The van der Waals surface area contributed by atoms with Crippen molar-refractivity contribution in [2.24, 2.45) is 0 Å². The van der Waals surface area contributed by atoms with Gasteiger partial charge >= 0.3 is 0 Å². The third-order valence-electron chi connectivity index (χ3n) is 3.27. The van der Waals surface area contributed by atoms with E-state index in [4.69, 9.17) is 0 Å². The highest BCUT2D eigenvalue weighted by molar-refractivity contribution is 7.09. The van der Waals surface area contributed by atoms with Crippen molar-refractivity contribution < 1.29 is 5.11 Å². The van der Waals surface area contributed by atoms with Gasteiger partial charge < -0.3 is 5.11 Å². The number of aromatic nitrogens is 2. The number of aryl methyl sites for hydroxylation is 1. The van der Waals surface area contributed by atoms with E-state index in [1.54, 1.807) is 23.7 Å². The predicted molar refractivity (Wildman–Crippen MR) is 85.2 cm³/mol. The fourth-order valence-electron chi connectivity index (χ4n) is 2.19. The van der Waals surface area contributed by atoms with Crippen LogP contribution in [-0.2, 0) is 6.42 Å². The molecular formula is C17H16N2OS. The molecule has 0 bridgehead atoms. The highest BCUT2D eigenvalue weighted by Crippen LogP contribution is 2.25. The number of thiazole rings is 1. The Labute approximate surface area is 128 Å². The van der Waals surface area contributed by atoms with Crippen molar-refractivity contribution in [2.45, 2.75) is 19.4 Å². The van der Waals surface area contributed by atoms with Crippen LogP contribution in [0.2, 0.25) is 0 Å². The molecule has 0 aliphatic carbocycles. The minimum Gasteiger partial charge on any atom is -0.388 e. The van der Waals surface area contributed by atoms with Crippen molar-refractivity contribution in [2.75, 3.05) is 0 Å². The van der Waals surface area contributed by atoms with Gasteiger partial charge in [-0.1, -0.05) is 36.4 Å². The second kappa shape index (κ2) is 6.16. The van der Waals surface area contributed by atoms with Crippen LogP contribution in [0.4, 0.5) is 0 Å². The maximum atomic E-state index is 10.3. The normalized spacial score (nSPS) is 12.3. The van der Waals surface area contributed by atoms with Gasteiger partial charge in [0.1, 0.15) is 0 Å². The van der Waals surface area contributed by atoms with E-state index in [1.807, 2.05) is 48.7 Å². The molecule has 106 valence electrons. The Balaban J connectivity index is 1.75. The molecule has 21 heavy (non-hydrogen) atoms. The molecule has 1 N–H and O–H groups in total. The fourth-order valence-corrected chi connectivity index (χ4v) is 3.03. The molecule has 1 aromatic carbocycles. The molecule has 0 radical (unpaired) electrons. The number of hydrogen-bond acceptors (Lipinski definition) is 4. The Morgan fingerprint density at radius 2 is 2.00 bits per heavy atom. The molecule has 0 spiro atoms. The van der Waals surface area contributed by atoms with Crippen molar-refractivity contribution in [1.29, 1.82) is 0 Å². The summed E-state index contributed by atoms with van der Waals surface area (Å²) in [7, 11) is 0. The summed E-state index contributed by atoms with van der Waals surface area (Å²) in [6.07, 6.45) is 3.45. The van der Waals surface area contributed by atoms with Crippen LogP contribution >= 0.6 is 11.3 Å². The van der Waals surface area contributed by atoms with Crippen molar-refractivity contribution in [3.8, 4) is 11.3 Å². The summed E-state index contributed by atoms with van der Waals surface area (Å²) < 4.78 is 0. The third-order valence-corrected chi connectivity index (χ3v) is 4.14. The van der Waals surface area contributed by atoms with Gasteiger partial charge in [0.25, 0.3) is 0 Å². The van der Waals surface area contributed by atoms with Crippen LogP contribution in [0.25, 0.3) is 11.3 Å². The van der Waals surface area contributed by atoms with Gasteiger partial charge in [-0.2, -0.15) is 0 Å². The van der Waals surface area contributed by atoms with Crippen LogP contribution in [0.1, 0.15) is 22.2 Å². The molecule has 4 heteroatoms. The smallest absolute Gasteiger partial charge is 0.0961 e. The number of aliphatic hydroxyl groups is 1. The van der Waals surface area contributed by atoms with E-state index in [0.29, 0.717) is 6.42 Å². The molecular weight excluding hydrogens is 280 g/mol. The van der Waals surface area contributed by atoms with Gasteiger partial charge in [-0.25, -0.2) is 4.98 Å². The number of nitrogens with zero attached hydrogens (tertiary/aromatic N) is 2. The van der Waals surface area contributed by atoms with E-state index >= 15 is 0 Å². The Morgan fingerprint density at radius 3 is 2.76 bits per heavy atom. The monoisotopic (exact) mass is 296 g/mol. The van der Waals surface area contributed by atoms with Gasteiger partial charge in [-0.3, -0.25) is 4.98 Å². The molecule has 3 rings (SSSR count). The lowest BCUT2D eigenvalue weighted by Crippen LogP contribution is -2.02. The topological polar surface area (TPSA) is 46.0 Å². The summed E-state index contributed by atoms with van der Waals surface area (Å²) in [6, 6.07) is 12.0. The van der Waals surface area contributed by atoms with Crippen LogP contribution < -0.4 is 0 Å². The predicted octanol–water partition coefficient (Wildman–Crippen LogP) is 3.79. The summed E-state index contributed by atoms with van der Waals surface area (Å²) in [5.74, 6) is 0. The third kappa shape index (κ3) is 3.35. The molecule has 0 saturated heterocycles. The quantitative estimate of drug-likeness (QED) is 0.796. The molecule has 0 fully saturated rings. The average molecular weight is 296 g/mol. The molecule has 0 saturated carbocycles. The van der Waals surface area contributed by atoms with Crippen LogP contribution in [0.5, 0.6) is 0 Å². The number of rotatable bonds is 4. The van der Waals surface area contributed by atoms with Gasteiger partial charge in [0.15, 0.2) is 0 Å². The highest BCUT2D eigenvalue weighted by Gasteiger charge is 2.12. The Bertz CT molecular complexity index is 724. The molecule has 2 aromatic heterocycles. The Morgan fingerprint density at radius 1 is 1.19 bits per heavy atom. The van der Waals surface area contributed by atoms with E-state index in [2.05, 4.69) is 9.97 Å². The highest BCUT2D eigenvalue weighted by atomic mass is 32.1. The summed E-state index contributed by atoms with van der Waals surface area (Å²) in [5.41, 5.74) is 3.96. The maximum Gasteiger partial charge on any atom is 0.0961 e. The van der Waals surface area contributed by atoms with Gasteiger partial charge in [0.2, 0.25) is 0 Å². The first-order valence-corrected chi connectivity index (χ1v) is 7.70. The lowest BCUT2D eigenvalue weighted by molar-refractivity contribution is 0.178. The summed E-state index contributed by atoms with van der Waals surface area (Å²) in [6.45, 7) is 1.97.